The van der Waals surface area contributed by atoms with E-state index >= 15 is 0 Å². The highest BCUT2D eigenvalue weighted by molar-refractivity contribution is 6.34. The van der Waals surface area contributed by atoms with Gasteiger partial charge in [-0.1, -0.05) is 35.3 Å². The number of para-hydroxylation sites is 1. The average Bonchev–Trinajstić information content (AvgIpc) is 2.82. The minimum absolute atomic E-state index is 0.522. The fourth-order valence-electron chi connectivity index (χ4n) is 2.49. The van der Waals surface area contributed by atoms with Crippen molar-refractivity contribution in [2.24, 2.45) is 5.10 Å². The van der Waals surface area contributed by atoms with E-state index in [1.807, 2.05) is 31.2 Å². The summed E-state index contributed by atoms with van der Waals surface area (Å²) in [7, 11) is 2.12. The van der Waals surface area contributed by atoms with E-state index in [0.717, 1.165) is 43.1 Å². The fourth-order valence-corrected chi connectivity index (χ4v) is 3.02. The van der Waals surface area contributed by atoms with Gasteiger partial charge in [-0.25, -0.2) is 4.68 Å². The molecule has 1 saturated heterocycles. The summed E-state index contributed by atoms with van der Waals surface area (Å²) >= 11 is 12.7. The molecule has 2 aromatic rings. The minimum Gasteiger partial charge on any atom is -0.303 e. The van der Waals surface area contributed by atoms with E-state index in [4.69, 9.17) is 23.2 Å². The van der Waals surface area contributed by atoms with Crippen LogP contribution in [-0.4, -0.2) is 59.1 Å². The SMILES string of the molecule is Cc1nn(-c2ccccc2Cl)c(Cl)c1/C=N\N1CCN(C)CC1. The third-order valence-corrected chi connectivity index (χ3v) is 4.64. The molecule has 5 nitrogen and oxygen atoms in total. The number of piperazine rings is 1. The first-order chi connectivity index (χ1) is 11.1. The molecule has 0 aliphatic carbocycles. The number of nitrogens with zero attached hydrogens (tertiary/aromatic N) is 5. The van der Waals surface area contributed by atoms with Crippen LogP contribution in [0, 0.1) is 6.92 Å². The quantitative estimate of drug-likeness (QED) is 0.797. The number of benzene rings is 1. The van der Waals surface area contributed by atoms with Gasteiger partial charge in [0.2, 0.25) is 0 Å². The second-order valence-corrected chi connectivity index (χ2v) is 6.42. The molecular weight excluding hydrogens is 333 g/mol. The van der Waals surface area contributed by atoms with E-state index in [2.05, 4.69) is 27.2 Å². The van der Waals surface area contributed by atoms with Gasteiger partial charge < -0.3 is 4.90 Å². The number of hydrogen-bond acceptors (Lipinski definition) is 4. The first-order valence-electron chi connectivity index (χ1n) is 7.54. The average molecular weight is 352 g/mol. The predicted molar refractivity (Wildman–Crippen MR) is 95.0 cm³/mol. The lowest BCUT2D eigenvalue weighted by atomic mass is 10.3. The van der Waals surface area contributed by atoms with E-state index in [0.29, 0.717) is 10.2 Å². The van der Waals surface area contributed by atoms with Gasteiger partial charge in [-0.15, -0.1) is 0 Å². The van der Waals surface area contributed by atoms with E-state index < -0.39 is 0 Å². The van der Waals surface area contributed by atoms with Gasteiger partial charge in [-0.3, -0.25) is 5.01 Å². The van der Waals surface area contributed by atoms with Gasteiger partial charge in [-0.2, -0.15) is 10.2 Å². The normalized spacial score (nSPS) is 16.4. The highest BCUT2D eigenvalue weighted by atomic mass is 35.5. The second-order valence-electron chi connectivity index (χ2n) is 5.65. The number of aryl methyl sites for hydroxylation is 1. The summed E-state index contributed by atoms with van der Waals surface area (Å²) in [5, 5.41) is 12.2. The zero-order valence-corrected chi connectivity index (χ0v) is 14.7. The Kier molecular flexibility index (Phi) is 4.90. The van der Waals surface area contributed by atoms with Crippen LogP contribution in [0.3, 0.4) is 0 Å². The maximum atomic E-state index is 6.50. The number of likely N-dealkylation sites (N-methyl/N-ethyl adjacent to an activating group) is 1. The molecule has 1 aromatic carbocycles. The molecule has 122 valence electrons. The lowest BCUT2D eigenvalue weighted by Gasteiger charge is -2.30. The van der Waals surface area contributed by atoms with E-state index in [1.54, 1.807) is 10.9 Å². The van der Waals surface area contributed by atoms with Gasteiger partial charge in [0, 0.05) is 26.2 Å². The summed E-state index contributed by atoms with van der Waals surface area (Å²) in [6, 6.07) is 7.50. The lowest BCUT2D eigenvalue weighted by molar-refractivity contribution is 0.159. The van der Waals surface area contributed by atoms with E-state index in [1.165, 1.54) is 0 Å². The summed E-state index contributed by atoms with van der Waals surface area (Å²) in [5.41, 5.74) is 2.42. The minimum atomic E-state index is 0.522. The molecule has 1 aliphatic rings. The molecule has 0 saturated carbocycles. The standard InChI is InChI=1S/C16H19Cl2N5/c1-12-13(11-19-22-9-7-21(2)8-10-22)16(18)23(20-12)15-6-4-3-5-14(15)17/h3-6,11H,7-10H2,1-2H3/b19-11-. The van der Waals surface area contributed by atoms with Gasteiger partial charge in [0.05, 0.1) is 28.2 Å². The Morgan fingerprint density at radius 2 is 1.83 bits per heavy atom. The maximum Gasteiger partial charge on any atom is 0.142 e. The molecular formula is C16H19Cl2N5. The Labute approximate surface area is 146 Å². The van der Waals surface area contributed by atoms with Gasteiger partial charge >= 0.3 is 0 Å². The van der Waals surface area contributed by atoms with Crippen molar-refractivity contribution in [1.29, 1.82) is 0 Å². The molecule has 0 radical (unpaired) electrons. The molecule has 1 aliphatic heterocycles. The third kappa shape index (κ3) is 3.52. The number of halogens is 2. The summed E-state index contributed by atoms with van der Waals surface area (Å²) in [6.07, 6.45) is 1.79. The third-order valence-electron chi connectivity index (χ3n) is 3.96. The van der Waals surface area contributed by atoms with Crippen LogP contribution in [0.2, 0.25) is 10.2 Å². The first-order valence-corrected chi connectivity index (χ1v) is 8.29. The molecule has 0 unspecified atom stereocenters. The Balaban J connectivity index is 1.85. The maximum absolute atomic E-state index is 6.50. The molecule has 0 spiro atoms. The Bertz CT molecular complexity index is 717. The molecule has 0 atom stereocenters. The van der Waals surface area contributed by atoms with E-state index in [-0.39, 0.29) is 0 Å². The Morgan fingerprint density at radius 1 is 1.13 bits per heavy atom. The van der Waals surface area contributed by atoms with Crippen molar-refractivity contribution in [3.05, 3.63) is 45.7 Å². The zero-order chi connectivity index (χ0) is 16.4. The van der Waals surface area contributed by atoms with Gasteiger partial charge in [0.25, 0.3) is 0 Å². The van der Waals surface area contributed by atoms with Crippen LogP contribution in [0.25, 0.3) is 5.69 Å². The Hall–Kier alpha value is -1.56. The van der Waals surface area contributed by atoms with Crippen molar-refractivity contribution in [3.8, 4) is 5.69 Å². The highest BCUT2D eigenvalue weighted by Crippen LogP contribution is 2.26. The van der Waals surface area contributed by atoms with Crippen molar-refractivity contribution in [2.75, 3.05) is 33.2 Å². The van der Waals surface area contributed by atoms with Gasteiger partial charge in [-0.05, 0) is 26.1 Å². The topological polar surface area (TPSA) is 36.7 Å². The lowest BCUT2D eigenvalue weighted by Crippen LogP contribution is -2.41. The van der Waals surface area contributed by atoms with Crippen LogP contribution in [0.4, 0.5) is 0 Å². The predicted octanol–water partition coefficient (Wildman–Crippen LogP) is 3.07. The number of hydrazone groups is 1. The van der Waals surface area contributed by atoms with Crippen LogP contribution in [0.5, 0.6) is 0 Å². The molecule has 0 amide bonds. The van der Waals surface area contributed by atoms with Crippen LogP contribution in [-0.2, 0) is 0 Å². The summed E-state index contributed by atoms with van der Waals surface area (Å²) in [5.74, 6) is 0. The van der Waals surface area contributed by atoms with Crippen LogP contribution < -0.4 is 0 Å². The summed E-state index contributed by atoms with van der Waals surface area (Å²) < 4.78 is 1.66. The van der Waals surface area contributed by atoms with Crippen molar-refractivity contribution in [1.82, 2.24) is 19.7 Å². The van der Waals surface area contributed by atoms with Crippen molar-refractivity contribution in [3.63, 3.8) is 0 Å². The molecule has 0 N–H and O–H groups in total. The Morgan fingerprint density at radius 3 is 2.52 bits per heavy atom. The molecule has 7 heteroatoms. The molecule has 0 bridgehead atoms. The van der Waals surface area contributed by atoms with Gasteiger partial charge in [0.1, 0.15) is 5.15 Å². The number of hydrogen-bond donors (Lipinski definition) is 0. The smallest absolute Gasteiger partial charge is 0.142 e. The van der Waals surface area contributed by atoms with Gasteiger partial charge in [0.15, 0.2) is 0 Å². The molecule has 3 rings (SSSR count). The van der Waals surface area contributed by atoms with Crippen molar-refractivity contribution >= 4 is 29.4 Å². The fraction of sp³-hybridized carbons (Fsp3) is 0.375. The van der Waals surface area contributed by atoms with E-state index in [9.17, 15) is 0 Å². The second kappa shape index (κ2) is 6.91. The zero-order valence-electron chi connectivity index (χ0n) is 13.2. The number of aromatic nitrogens is 2. The highest BCUT2D eigenvalue weighted by Gasteiger charge is 2.16. The van der Waals surface area contributed by atoms with Crippen LogP contribution in [0.1, 0.15) is 11.3 Å². The molecule has 23 heavy (non-hydrogen) atoms. The summed E-state index contributed by atoms with van der Waals surface area (Å²) in [4.78, 5) is 2.29. The largest absolute Gasteiger partial charge is 0.303 e. The first kappa shape index (κ1) is 16.3. The monoisotopic (exact) mass is 351 g/mol. The molecule has 2 heterocycles. The summed E-state index contributed by atoms with van der Waals surface area (Å²) in [6.45, 7) is 5.79. The van der Waals surface area contributed by atoms with Crippen LogP contribution >= 0.6 is 23.2 Å². The van der Waals surface area contributed by atoms with Crippen molar-refractivity contribution in [2.45, 2.75) is 6.92 Å². The van der Waals surface area contributed by atoms with Crippen molar-refractivity contribution < 1.29 is 0 Å². The van der Waals surface area contributed by atoms with Crippen LogP contribution in [0.15, 0.2) is 29.4 Å². The molecule has 1 aromatic heterocycles. The molecule has 1 fully saturated rings. The number of rotatable bonds is 3.